The van der Waals surface area contributed by atoms with Crippen LogP contribution in [0.25, 0.3) is 0 Å². The Kier molecular flexibility index (Phi) is 4.81. The van der Waals surface area contributed by atoms with Crippen molar-refractivity contribution in [2.24, 2.45) is 5.92 Å². The van der Waals surface area contributed by atoms with E-state index in [-0.39, 0.29) is 18.5 Å². The summed E-state index contributed by atoms with van der Waals surface area (Å²) in [7, 11) is -3.18. The van der Waals surface area contributed by atoms with E-state index in [0.29, 0.717) is 18.5 Å². The van der Waals surface area contributed by atoms with Crippen molar-refractivity contribution in [1.82, 2.24) is 15.4 Å². The minimum Gasteiger partial charge on any atom is -0.353 e. The van der Waals surface area contributed by atoms with Crippen LogP contribution >= 0.6 is 0 Å². The van der Waals surface area contributed by atoms with Crippen LogP contribution < -0.4 is 15.4 Å². The smallest absolute Gasteiger partial charge is 0.237 e. The molecule has 3 N–H and O–H groups in total. The molecule has 1 saturated heterocycles. The number of hydrogen-bond donors (Lipinski definition) is 3. The molecule has 110 valence electrons. The predicted octanol–water partition coefficient (Wildman–Crippen LogP) is -0.427. The Labute approximate surface area is 114 Å². The van der Waals surface area contributed by atoms with Gasteiger partial charge in [-0.05, 0) is 25.2 Å². The number of nitrogens with one attached hydrogen (secondary N) is 3. The molecule has 19 heavy (non-hydrogen) atoms. The maximum Gasteiger partial charge on any atom is 0.237 e. The van der Waals surface area contributed by atoms with Crippen LogP contribution in [0.5, 0.6) is 0 Å². The summed E-state index contributed by atoms with van der Waals surface area (Å²) in [4.78, 5) is 12.0. The molecule has 1 heterocycles. The second-order valence-electron chi connectivity index (χ2n) is 5.56. The lowest BCUT2D eigenvalue weighted by molar-refractivity contribution is -0.122. The third-order valence-electron chi connectivity index (χ3n) is 3.97. The molecule has 0 aromatic rings. The molecule has 1 amide bonds. The lowest BCUT2D eigenvalue weighted by atomic mass is 9.85. The third kappa shape index (κ3) is 4.43. The normalized spacial score (nSPS) is 30.9. The van der Waals surface area contributed by atoms with Gasteiger partial charge in [-0.1, -0.05) is 12.8 Å². The maximum absolute atomic E-state index is 12.0. The minimum absolute atomic E-state index is 0.00954. The lowest BCUT2D eigenvalue weighted by Crippen LogP contribution is -2.45. The van der Waals surface area contributed by atoms with Crippen LogP contribution in [-0.4, -0.2) is 45.8 Å². The highest BCUT2D eigenvalue weighted by Crippen LogP contribution is 2.33. The van der Waals surface area contributed by atoms with E-state index < -0.39 is 10.0 Å². The summed E-state index contributed by atoms with van der Waals surface area (Å²) in [5.41, 5.74) is 0. The summed E-state index contributed by atoms with van der Waals surface area (Å²) in [6.45, 7) is 0.573. The average molecular weight is 289 g/mol. The number of hydrogen-bond acceptors (Lipinski definition) is 4. The Bertz CT molecular complexity index is 410. The van der Waals surface area contributed by atoms with Crippen molar-refractivity contribution < 1.29 is 13.2 Å². The van der Waals surface area contributed by atoms with E-state index in [9.17, 15) is 13.2 Å². The summed E-state index contributed by atoms with van der Waals surface area (Å²) in [6.07, 6.45) is 6.94. The number of carbonyl (C=O) groups is 1. The molecule has 0 bridgehead atoms. The fourth-order valence-electron chi connectivity index (χ4n) is 3.07. The zero-order chi connectivity index (χ0) is 13.9. The summed E-state index contributed by atoms with van der Waals surface area (Å²) in [5, 5.41) is 6.18. The summed E-state index contributed by atoms with van der Waals surface area (Å²) in [5.74, 6) is 0.628. The molecule has 3 atom stereocenters. The Morgan fingerprint density at radius 1 is 1.26 bits per heavy atom. The zero-order valence-corrected chi connectivity index (χ0v) is 12.1. The van der Waals surface area contributed by atoms with Gasteiger partial charge in [0, 0.05) is 19.1 Å². The standard InChI is InChI=1S/C12H23N3O3S/c1-19(17,18)14-7-6-13-12(16)11-8-9-4-2-3-5-10(9)15-11/h9-11,14-15H,2-8H2,1H3,(H,13,16). The number of rotatable bonds is 5. The van der Waals surface area contributed by atoms with Crippen LogP contribution in [0.15, 0.2) is 0 Å². The first-order valence-electron chi connectivity index (χ1n) is 6.94. The van der Waals surface area contributed by atoms with Crippen molar-refractivity contribution >= 4 is 15.9 Å². The van der Waals surface area contributed by atoms with E-state index >= 15 is 0 Å². The van der Waals surface area contributed by atoms with Gasteiger partial charge in [0.1, 0.15) is 0 Å². The van der Waals surface area contributed by atoms with Gasteiger partial charge in [-0.25, -0.2) is 13.1 Å². The molecule has 3 unspecified atom stereocenters. The Morgan fingerprint density at radius 3 is 2.68 bits per heavy atom. The van der Waals surface area contributed by atoms with Crippen molar-refractivity contribution in [2.75, 3.05) is 19.3 Å². The highest BCUT2D eigenvalue weighted by molar-refractivity contribution is 7.88. The quantitative estimate of drug-likeness (QED) is 0.600. The SMILES string of the molecule is CS(=O)(=O)NCCNC(=O)C1CC2CCCCC2N1. The topological polar surface area (TPSA) is 87.3 Å². The number of sulfonamides is 1. The third-order valence-corrected chi connectivity index (χ3v) is 4.70. The van der Waals surface area contributed by atoms with Gasteiger partial charge in [0.05, 0.1) is 12.3 Å². The monoisotopic (exact) mass is 289 g/mol. The first-order valence-corrected chi connectivity index (χ1v) is 8.83. The van der Waals surface area contributed by atoms with Crippen LogP contribution in [0.3, 0.4) is 0 Å². The molecule has 0 aromatic carbocycles. The van der Waals surface area contributed by atoms with Gasteiger partial charge >= 0.3 is 0 Å². The molecule has 2 fully saturated rings. The molecule has 7 heteroatoms. The first-order chi connectivity index (χ1) is 8.96. The van der Waals surface area contributed by atoms with E-state index in [1.54, 1.807) is 0 Å². The van der Waals surface area contributed by atoms with Crippen LogP contribution in [0.2, 0.25) is 0 Å². The highest BCUT2D eigenvalue weighted by atomic mass is 32.2. The van der Waals surface area contributed by atoms with Crippen molar-refractivity contribution in [1.29, 1.82) is 0 Å². The summed E-state index contributed by atoms with van der Waals surface area (Å²) < 4.78 is 24.1. The fourth-order valence-corrected chi connectivity index (χ4v) is 3.54. The second-order valence-corrected chi connectivity index (χ2v) is 7.40. The van der Waals surface area contributed by atoms with Crippen molar-refractivity contribution in [3.8, 4) is 0 Å². The summed E-state index contributed by atoms with van der Waals surface area (Å²) >= 11 is 0. The maximum atomic E-state index is 12.0. The zero-order valence-electron chi connectivity index (χ0n) is 11.3. The van der Waals surface area contributed by atoms with E-state index in [0.717, 1.165) is 12.7 Å². The molecule has 1 saturated carbocycles. The summed E-state index contributed by atoms with van der Waals surface area (Å²) in [6, 6.07) is 0.393. The molecule has 0 spiro atoms. The van der Waals surface area contributed by atoms with E-state index in [1.165, 1.54) is 25.7 Å². The average Bonchev–Trinajstić information content (AvgIpc) is 2.77. The molecule has 6 nitrogen and oxygen atoms in total. The van der Waals surface area contributed by atoms with Crippen molar-refractivity contribution in [3.05, 3.63) is 0 Å². The lowest BCUT2D eigenvalue weighted by Gasteiger charge is -2.24. The molecule has 2 aliphatic rings. The Balaban J connectivity index is 1.69. The number of carbonyl (C=O) groups excluding carboxylic acids is 1. The minimum atomic E-state index is -3.18. The van der Waals surface area contributed by atoms with Crippen LogP contribution in [0.1, 0.15) is 32.1 Å². The molecule has 1 aliphatic heterocycles. The number of fused-ring (bicyclic) bond motifs is 1. The van der Waals surface area contributed by atoms with Crippen LogP contribution in [0.4, 0.5) is 0 Å². The van der Waals surface area contributed by atoms with Gasteiger partial charge in [0.2, 0.25) is 15.9 Å². The van der Waals surface area contributed by atoms with Gasteiger partial charge in [0.25, 0.3) is 0 Å². The Morgan fingerprint density at radius 2 is 2.00 bits per heavy atom. The predicted molar refractivity (Wildman–Crippen MR) is 73.1 cm³/mol. The molecule has 0 radical (unpaired) electrons. The van der Waals surface area contributed by atoms with Crippen molar-refractivity contribution in [3.63, 3.8) is 0 Å². The molecular formula is C12H23N3O3S. The van der Waals surface area contributed by atoms with E-state index in [1.807, 2.05) is 0 Å². The molecule has 2 rings (SSSR count). The molecular weight excluding hydrogens is 266 g/mol. The van der Waals surface area contributed by atoms with E-state index in [4.69, 9.17) is 0 Å². The fraction of sp³-hybridized carbons (Fsp3) is 0.917. The first kappa shape index (κ1) is 14.7. The van der Waals surface area contributed by atoms with Crippen LogP contribution in [0, 0.1) is 5.92 Å². The van der Waals surface area contributed by atoms with Gasteiger partial charge < -0.3 is 10.6 Å². The van der Waals surface area contributed by atoms with Crippen LogP contribution in [-0.2, 0) is 14.8 Å². The molecule has 1 aliphatic carbocycles. The highest BCUT2D eigenvalue weighted by Gasteiger charge is 2.37. The Hall–Kier alpha value is -0.660. The van der Waals surface area contributed by atoms with Crippen molar-refractivity contribution in [2.45, 2.75) is 44.2 Å². The van der Waals surface area contributed by atoms with Gasteiger partial charge in [0.15, 0.2) is 0 Å². The van der Waals surface area contributed by atoms with E-state index in [2.05, 4.69) is 15.4 Å². The van der Waals surface area contributed by atoms with Gasteiger partial charge in [-0.2, -0.15) is 0 Å². The second kappa shape index (κ2) is 6.19. The molecule has 0 aromatic heterocycles. The largest absolute Gasteiger partial charge is 0.353 e. The van der Waals surface area contributed by atoms with Gasteiger partial charge in [-0.15, -0.1) is 0 Å². The van der Waals surface area contributed by atoms with Gasteiger partial charge in [-0.3, -0.25) is 4.79 Å². The number of amides is 1.